The van der Waals surface area contributed by atoms with Crippen LogP contribution in [0, 0.1) is 0 Å². The molecule has 3 aromatic rings. The fourth-order valence-corrected chi connectivity index (χ4v) is 4.53. The largest absolute Gasteiger partial charge is 0.344 e. The molecule has 2 aliphatic rings. The van der Waals surface area contributed by atoms with Crippen molar-refractivity contribution in [2.45, 2.75) is 17.6 Å². The maximum atomic E-state index is 6.54. The Hall–Kier alpha value is -2.46. The first kappa shape index (κ1) is 17.6. The monoisotopic (exact) mass is 389 g/mol. The summed E-state index contributed by atoms with van der Waals surface area (Å²) in [5, 5.41) is 0.642. The van der Waals surface area contributed by atoms with E-state index in [0.29, 0.717) is 18.2 Å². The van der Waals surface area contributed by atoms with Gasteiger partial charge in [-0.15, -0.1) is 0 Å². The van der Waals surface area contributed by atoms with E-state index in [1.54, 1.807) is 0 Å². The predicted octanol–water partition coefficient (Wildman–Crippen LogP) is 5.63. The molecule has 0 aliphatic carbocycles. The molecule has 0 atom stereocenters. The normalized spacial score (nSPS) is 19.3. The average molecular weight is 390 g/mol. The standard InChI is InChI=1S/C24H20ClNO2/c25-20-12-13-22-21(16-20)24(27-14-7-15-28-24)23(17-26-22,18-8-3-1-4-9-18)19-10-5-2-6-11-19/h1-6,8-13,16-17H,7,14-15H2. The molecule has 1 saturated heterocycles. The Labute approximate surface area is 169 Å². The Bertz CT molecular complexity index is 972. The first-order valence-corrected chi connectivity index (χ1v) is 9.88. The third-order valence-corrected chi connectivity index (χ3v) is 5.82. The molecule has 3 nitrogen and oxygen atoms in total. The van der Waals surface area contributed by atoms with E-state index in [9.17, 15) is 0 Å². The topological polar surface area (TPSA) is 30.8 Å². The van der Waals surface area contributed by atoms with Crippen molar-refractivity contribution >= 4 is 23.5 Å². The molecule has 0 unspecified atom stereocenters. The molecule has 0 N–H and O–H groups in total. The van der Waals surface area contributed by atoms with Gasteiger partial charge in [-0.05, 0) is 35.7 Å². The van der Waals surface area contributed by atoms with Crippen LogP contribution in [0.25, 0.3) is 0 Å². The third-order valence-electron chi connectivity index (χ3n) is 5.59. The van der Waals surface area contributed by atoms with Crippen molar-refractivity contribution < 1.29 is 9.47 Å². The van der Waals surface area contributed by atoms with E-state index in [1.807, 2.05) is 60.8 Å². The highest BCUT2D eigenvalue weighted by atomic mass is 35.5. The van der Waals surface area contributed by atoms with Crippen LogP contribution in [0.15, 0.2) is 83.9 Å². The molecular weight excluding hydrogens is 370 g/mol. The molecule has 140 valence electrons. The first-order valence-electron chi connectivity index (χ1n) is 9.50. The lowest BCUT2D eigenvalue weighted by Gasteiger charge is -2.52. The molecule has 2 aliphatic heterocycles. The van der Waals surface area contributed by atoms with Gasteiger partial charge in [0.05, 0.1) is 18.9 Å². The van der Waals surface area contributed by atoms with Gasteiger partial charge in [-0.3, -0.25) is 4.99 Å². The Balaban J connectivity index is 1.88. The maximum Gasteiger partial charge on any atom is 0.216 e. The van der Waals surface area contributed by atoms with Gasteiger partial charge in [-0.2, -0.15) is 0 Å². The van der Waals surface area contributed by atoms with Crippen LogP contribution in [0.5, 0.6) is 0 Å². The fourth-order valence-electron chi connectivity index (χ4n) is 4.36. The van der Waals surface area contributed by atoms with Gasteiger partial charge in [0.15, 0.2) is 0 Å². The van der Waals surface area contributed by atoms with Crippen molar-refractivity contribution in [2.24, 2.45) is 4.99 Å². The lowest BCUT2D eigenvalue weighted by molar-refractivity contribution is -0.295. The van der Waals surface area contributed by atoms with Crippen LogP contribution >= 0.6 is 11.6 Å². The summed E-state index contributed by atoms with van der Waals surface area (Å²) in [5.41, 5.74) is 3.10. The minimum absolute atomic E-state index is 0.612. The number of ether oxygens (including phenoxy) is 2. The molecule has 0 radical (unpaired) electrons. The quantitative estimate of drug-likeness (QED) is 0.568. The van der Waals surface area contributed by atoms with Crippen molar-refractivity contribution in [1.82, 2.24) is 0 Å². The number of benzene rings is 3. The first-order chi connectivity index (χ1) is 13.8. The van der Waals surface area contributed by atoms with Gasteiger partial charge >= 0.3 is 0 Å². The summed E-state index contributed by atoms with van der Waals surface area (Å²) in [4.78, 5) is 4.85. The number of halogens is 1. The fraction of sp³-hybridized carbons (Fsp3) is 0.208. The van der Waals surface area contributed by atoms with Crippen LogP contribution < -0.4 is 0 Å². The van der Waals surface area contributed by atoms with Gasteiger partial charge < -0.3 is 9.47 Å². The highest BCUT2D eigenvalue weighted by Gasteiger charge is 2.60. The molecule has 28 heavy (non-hydrogen) atoms. The van der Waals surface area contributed by atoms with Crippen LogP contribution in [0.1, 0.15) is 23.1 Å². The number of rotatable bonds is 2. The number of hydrogen-bond acceptors (Lipinski definition) is 3. The van der Waals surface area contributed by atoms with Gasteiger partial charge in [0, 0.05) is 16.8 Å². The summed E-state index contributed by atoms with van der Waals surface area (Å²) in [6.07, 6.45) is 2.84. The van der Waals surface area contributed by atoms with E-state index in [0.717, 1.165) is 28.8 Å². The van der Waals surface area contributed by atoms with E-state index >= 15 is 0 Å². The van der Waals surface area contributed by atoms with Crippen molar-refractivity contribution in [3.63, 3.8) is 0 Å². The van der Waals surface area contributed by atoms with Crippen LogP contribution in [0.2, 0.25) is 5.02 Å². The summed E-state index contributed by atoms with van der Waals surface area (Å²) in [6, 6.07) is 26.3. The minimum Gasteiger partial charge on any atom is -0.344 e. The lowest BCUT2D eigenvalue weighted by atomic mass is 9.65. The summed E-state index contributed by atoms with van der Waals surface area (Å²) in [7, 11) is 0. The van der Waals surface area contributed by atoms with E-state index < -0.39 is 11.2 Å². The molecule has 4 heteroatoms. The van der Waals surface area contributed by atoms with Gasteiger partial charge in [0.2, 0.25) is 5.79 Å². The lowest BCUT2D eigenvalue weighted by Crippen LogP contribution is -2.58. The molecule has 1 fully saturated rings. The summed E-state index contributed by atoms with van der Waals surface area (Å²) < 4.78 is 13.1. The molecule has 1 spiro atoms. The Morgan fingerprint density at radius 2 is 1.39 bits per heavy atom. The summed E-state index contributed by atoms with van der Waals surface area (Å²) >= 11 is 6.40. The van der Waals surface area contributed by atoms with Crippen molar-refractivity contribution in [2.75, 3.05) is 13.2 Å². The highest BCUT2D eigenvalue weighted by molar-refractivity contribution is 6.30. The zero-order valence-corrected chi connectivity index (χ0v) is 16.1. The van der Waals surface area contributed by atoms with Gasteiger partial charge in [0.1, 0.15) is 5.41 Å². The van der Waals surface area contributed by atoms with Gasteiger partial charge in [0.25, 0.3) is 0 Å². The number of nitrogens with zero attached hydrogens (tertiary/aromatic N) is 1. The average Bonchev–Trinajstić information content (AvgIpc) is 2.77. The van der Waals surface area contributed by atoms with Crippen molar-refractivity contribution in [3.8, 4) is 0 Å². The minimum atomic E-state index is -1.03. The van der Waals surface area contributed by atoms with E-state index in [1.165, 1.54) is 0 Å². The second kappa shape index (κ2) is 6.85. The zero-order valence-electron chi connectivity index (χ0n) is 15.3. The molecule has 2 heterocycles. The maximum absolute atomic E-state index is 6.54. The van der Waals surface area contributed by atoms with E-state index in [4.69, 9.17) is 26.1 Å². The third kappa shape index (κ3) is 2.47. The van der Waals surface area contributed by atoms with E-state index in [2.05, 4.69) is 24.3 Å². The second-order valence-electron chi connectivity index (χ2n) is 7.13. The molecular formula is C24H20ClNO2. The number of aliphatic imine (C=N–C) groups is 1. The zero-order chi connectivity index (χ0) is 19.0. The second-order valence-corrected chi connectivity index (χ2v) is 7.56. The van der Waals surface area contributed by atoms with Crippen LogP contribution in [-0.4, -0.2) is 19.4 Å². The Kier molecular flexibility index (Phi) is 4.31. The summed E-state index contributed by atoms with van der Waals surface area (Å²) in [5.74, 6) is -1.03. The van der Waals surface area contributed by atoms with Crippen molar-refractivity contribution in [1.29, 1.82) is 0 Å². The summed E-state index contributed by atoms with van der Waals surface area (Å²) in [6.45, 7) is 1.22. The molecule has 0 aromatic heterocycles. The van der Waals surface area contributed by atoms with Gasteiger partial charge in [-0.25, -0.2) is 0 Å². The van der Waals surface area contributed by atoms with Crippen molar-refractivity contribution in [3.05, 3.63) is 101 Å². The van der Waals surface area contributed by atoms with Gasteiger partial charge in [-0.1, -0.05) is 72.3 Å². The number of fused-ring (bicyclic) bond motifs is 2. The molecule has 0 saturated carbocycles. The predicted molar refractivity (Wildman–Crippen MR) is 111 cm³/mol. The van der Waals surface area contributed by atoms with Crippen LogP contribution in [0.4, 0.5) is 5.69 Å². The Morgan fingerprint density at radius 3 is 2.00 bits per heavy atom. The molecule has 5 rings (SSSR count). The highest BCUT2D eigenvalue weighted by Crippen LogP contribution is 2.55. The molecule has 0 amide bonds. The van der Waals surface area contributed by atoms with Crippen LogP contribution in [-0.2, 0) is 20.7 Å². The molecule has 3 aromatic carbocycles. The molecule has 0 bridgehead atoms. The van der Waals surface area contributed by atoms with E-state index in [-0.39, 0.29) is 0 Å². The number of hydrogen-bond donors (Lipinski definition) is 0. The Morgan fingerprint density at radius 1 is 0.786 bits per heavy atom. The smallest absolute Gasteiger partial charge is 0.216 e. The van der Waals surface area contributed by atoms with Crippen LogP contribution in [0.3, 0.4) is 0 Å². The SMILES string of the molecule is Clc1ccc2c(c1)C1(OCCCO1)C(c1ccccc1)(c1ccccc1)C=N2.